The highest BCUT2D eigenvalue weighted by Crippen LogP contribution is 2.61. The lowest BCUT2D eigenvalue weighted by Gasteiger charge is -2.56. The zero-order valence-corrected chi connectivity index (χ0v) is 55.9. The second kappa shape index (κ2) is 28.3. The molecule has 0 radical (unpaired) electrons. The van der Waals surface area contributed by atoms with Crippen molar-refractivity contribution in [1.82, 2.24) is 5.32 Å². The van der Waals surface area contributed by atoms with Crippen molar-refractivity contribution in [2.24, 2.45) is 46.8 Å². The Morgan fingerprint density at radius 1 is 0.688 bits per heavy atom. The van der Waals surface area contributed by atoms with Gasteiger partial charge in [0.2, 0.25) is 11.3 Å². The average molecular weight is 1320 g/mol. The fraction of sp³-hybridized carbons (Fsp3) is 0.806. The van der Waals surface area contributed by atoms with Crippen molar-refractivity contribution >= 4 is 17.8 Å². The number of carbonyl (C=O) groups is 3. The van der Waals surface area contributed by atoms with Gasteiger partial charge < -0.3 is 97.5 Å². The molecule has 6 saturated heterocycles. The van der Waals surface area contributed by atoms with Gasteiger partial charge in [0, 0.05) is 74.2 Å². The van der Waals surface area contributed by atoms with Crippen LogP contribution in [0.25, 0.3) is 0 Å². The predicted molar refractivity (Wildman–Crippen MR) is 327 cm³/mol. The lowest BCUT2D eigenvalue weighted by atomic mass is 9.49. The van der Waals surface area contributed by atoms with Gasteiger partial charge in [0.1, 0.15) is 41.8 Å². The highest BCUT2D eigenvalue weighted by Gasteiger charge is 2.64. The monoisotopic (exact) mass is 1320 g/mol. The Hall–Kier alpha value is -4.33. The molecule has 1 amide bonds. The van der Waals surface area contributed by atoms with Crippen molar-refractivity contribution in [2.75, 3.05) is 20.8 Å². The number of hydrogen-bond acceptors (Lipinski definition) is 24. The molecule has 7 N–H and O–H groups in total. The molecule has 26 heteroatoms. The molecular weight excluding hydrogens is 1220 g/mol. The number of alkyl carbamates (subject to hydrolysis) is 1. The van der Waals surface area contributed by atoms with E-state index in [1.54, 1.807) is 53.7 Å². The zero-order chi connectivity index (χ0) is 67.7. The van der Waals surface area contributed by atoms with Gasteiger partial charge in [-0.15, -0.1) is 0 Å². The summed E-state index contributed by atoms with van der Waals surface area (Å²) in [7, 11) is 2.66. The SMILES string of the molecule is COC(=O)N[C@@H]1[C@H](C)O[C@H](O[C@H]2C/C=C(\C)[C@H]3C=CC4C(C(C)C[C@H](C)[C@@H]4O[C@@H]4C[C@H](O[C@@H]5C[C@H](O[C@H]6C[C@@H](O)[C@@H](O)[C@H](C)O6)[C@H](O[C@H]6C[C@H](O)[C@H](OC)[C@@H](C)O6)[C@@H](C)O5)[C@H](O)[C@@H](C)O4)[C@]3(C)/C(O)=C3/C(=O)O[C@]4(C[C@@H](C)C(CO)=C[C@H]4/C=C/2C)C3=O)C[C@@]1(C)[N+](=O)[O-]. The number of aliphatic hydroxyl groups is 6. The number of rotatable bonds is 14. The van der Waals surface area contributed by atoms with Crippen LogP contribution in [0.3, 0.4) is 0 Å². The smallest absolute Gasteiger partial charge is 0.407 e. The van der Waals surface area contributed by atoms with E-state index in [9.17, 15) is 50.3 Å². The minimum absolute atomic E-state index is 0.00999. The molecule has 1 saturated carbocycles. The molecule has 4 aliphatic carbocycles. The Balaban J connectivity index is 0.943. The summed E-state index contributed by atoms with van der Waals surface area (Å²) in [5, 5.41) is 83.6. The zero-order valence-electron chi connectivity index (χ0n) is 55.9. The van der Waals surface area contributed by atoms with E-state index >= 15 is 4.79 Å². The first-order valence-electron chi connectivity index (χ1n) is 33.2. The van der Waals surface area contributed by atoms with Gasteiger partial charge in [-0.1, -0.05) is 63.6 Å². The van der Waals surface area contributed by atoms with Crippen LogP contribution in [0.4, 0.5) is 4.79 Å². The second-order valence-corrected chi connectivity index (χ2v) is 28.6. The Morgan fingerprint density at radius 2 is 1.28 bits per heavy atom. The molecular formula is C67H100N2O24. The van der Waals surface area contributed by atoms with E-state index < -0.39 is 209 Å². The van der Waals surface area contributed by atoms with Gasteiger partial charge in [0.15, 0.2) is 37.1 Å². The number of allylic oxidation sites excluding steroid dienone is 3. The molecule has 0 aromatic carbocycles. The lowest BCUT2D eigenvalue weighted by molar-refractivity contribution is -0.584. The molecule has 93 heavy (non-hydrogen) atoms. The Morgan fingerprint density at radius 3 is 1.92 bits per heavy atom. The molecule has 10 rings (SSSR count). The van der Waals surface area contributed by atoms with E-state index in [1.165, 1.54) is 14.0 Å². The van der Waals surface area contributed by atoms with Crippen molar-refractivity contribution in [3.05, 3.63) is 68.5 Å². The molecule has 6 heterocycles. The van der Waals surface area contributed by atoms with Crippen molar-refractivity contribution in [3.8, 4) is 0 Å². The first kappa shape index (κ1) is 71.4. The number of methoxy groups -OCH3 is 2. The van der Waals surface area contributed by atoms with E-state index in [-0.39, 0.29) is 63.4 Å². The molecule has 0 aromatic heterocycles. The fourth-order valence-corrected chi connectivity index (χ4v) is 17.2. The van der Waals surface area contributed by atoms with Crippen molar-refractivity contribution in [1.29, 1.82) is 0 Å². The topological polar surface area (TPSA) is 348 Å². The molecule has 2 bridgehead atoms. The van der Waals surface area contributed by atoms with Crippen LogP contribution >= 0.6 is 0 Å². The van der Waals surface area contributed by atoms with E-state index in [0.29, 0.717) is 17.6 Å². The van der Waals surface area contributed by atoms with Crippen molar-refractivity contribution < 1.29 is 112 Å². The molecule has 6 aliphatic heterocycles. The van der Waals surface area contributed by atoms with Crippen LogP contribution in [0, 0.1) is 57.0 Å². The standard InChI is InChI=1S/C67H100N2O24/c1-29-15-18-45(88-52-27-65(11,69(79)80)60(38(10)87-52)68-64(78)82-14)30(2)20-40-21-39(28-70)33(5)26-67(40)62(76)53(63(77)93-67)61(75)66(12)42(29)17-16-41-54(66)31(3)19-32(4)57(41)91-51-24-46(56(74)35(7)84-51)89-50-25-47(90-48-22-43(71)55(73)34(6)83-48)59(37(9)86-50)92-49-23-44(72)58(81-13)36(8)85-49/h15-17,20-21,31-38,40-52,54-60,70-75H,18-19,22-28H2,1-14H3,(H,68,78)/b29-15+,30-20+,61-53-/t31?,32-,33+,34-,35+,36+,37+,38-,40+,41?,42+,43+,44-,45-,46-,47-,48-,49-,50+,51+,52+,54?,55-,56+,57-,58+,59+,60+,65+,66+,67-/m0/s1. The normalized spacial score (nSPS) is 49.9. The van der Waals surface area contributed by atoms with Gasteiger partial charge in [-0.2, -0.15) is 0 Å². The van der Waals surface area contributed by atoms with Gasteiger partial charge in [-0.05, 0) is 96.1 Å². The maximum absolute atomic E-state index is 15.7. The van der Waals surface area contributed by atoms with E-state index in [1.807, 2.05) is 32.9 Å². The Labute approximate surface area is 543 Å². The summed E-state index contributed by atoms with van der Waals surface area (Å²) in [6.07, 6.45) is -8.05. The largest absolute Gasteiger partial charge is 0.511 e. The molecule has 7 fully saturated rings. The number of amides is 1. The number of ether oxygens (including phenoxy) is 13. The van der Waals surface area contributed by atoms with Crippen LogP contribution in [0.5, 0.6) is 0 Å². The van der Waals surface area contributed by atoms with E-state index in [4.69, 9.17) is 61.6 Å². The van der Waals surface area contributed by atoms with Gasteiger partial charge in [-0.25, -0.2) is 9.59 Å². The van der Waals surface area contributed by atoms with Crippen LogP contribution in [0.15, 0.2) is 58.4 Å². The summed E-state index contributed by atoms with van der Waals surface area (Å²) in [4.78, 5) is 55.4. The third kappa shape index (κ3) is 13.7. The summed E-state index contributed by atoms with van der Waals surface area (Å²) in [5.41, 5.74) is -3.49. The summed E-state index contributed by atoms with van der Waals surface area (Å²) in [6, 6.07) is -1.09. The third-order valence-corrected chi connectivity index (χ3v) is 22.3. The number of fused-ring (bicyclic) bond motifs is 4. The first-order valence-corrected chi connectivity index (χ1v) is 33.2. The average Bonchev–Trinajstić information content (AvgIpc) is 1.67. The quantitative estimate of drug-likeness (QED) is 0.0373. The number of carbonyl (C=O) groups excluding carboxylic acids is 3. The lowest BCUT2D eigenvalue weighted by Crippen LogP contribution is -2.65. The fourth-order valence-electron chi connectivity index (χ4n) is 17.2. The molecule has 31 atom stereocenters. The first-order chi connectivity index (χ1) is 43.9. The number of Topliss-reactive ketones (excluding diaryl/α,β-unsaturated/α-hetero) is 1. The molecule has 10 aliphatic rings. The number of nitrogens with one attached hydrogen (secondary N) is 1. The number of nitro groups is 1. The maximum atomic E-state index is 15.7. The van der Waals surface area contributed by atoms with Crippen LogP contribution < -0.4 is 5.32 Å². The van der Waals surface area contributed by atoms with Crippen molar-refractivity contribution in [2.45, 2.75) is 275 Å². The molecule has 0 aromatic rings. The van der Waals surface area contributed by atoms with Gasteiger partial charge in [-0.3, -0.25) is 14.9 Å². The van der Waals surface area contributed by atoms with Crippen LogP contribution in [0.2, 0.25) is 0 Å². The number of nitrogens with zero attached hydrogens (tertiary/aromatic N) is 1. The summed E-state index contributed by atoms with van der Waals surface area (Å²) >= 11 is 0. The summed E-state index contributed by atoms with van der Waals surface area (Å²) < 4.78 is 82.0. The number of hydrogen-bond donors (Lipinski definition) is 7. The number of aliphatic hydroxyl groups excluding tert-OH is 6. The minimum atomic E-state index is -1.84. The van der Waals surface area contributed by atoms with Gasteiger partial charge >= 0.3 is 12.1 Å². The Kier molecular flexibility index (Phi) is 21.7. The minimum Gasteiger partial charge on any atom is -0.511 e. The van der Waals surface area contributed by atoms with Crippen LogP contribution in [0.1, 0.15) is 134 Å². The third-order valence-electron chi connectivity index (χ3n) is 22.3. The van der Waals surface area contributed by atoms with Crippen LogP contribution in [-0.4, -0.2) is 214 Å². The number of ketones is 1. The summed E-state index contributed by atoms with van der Waals surface area (Å²) in [6.45, 7) is 21.2. The molecule has 1 spiro atoms. The Bertz CT molecular complexity index is 2880. The predicted octanol–water partition coefficient (Wildman–Crippen LogP) is 5.45. The van der Waals surface area contributed by atoms with Gasteiger partial charge in [0.05, 0.1) is 87.3 Å². The van der Waals surface area contributed by atoms with Crippen LogP contribution in [-0.2, 0) is 71.2 Å². The van der Waals surface area contributed by atoms with Gasteiger partial charge in [0.25, 0.3) is 0 Å². The highest BCUT2D eigenvalue weighted by molar-refractivity contribution is 6.26. The maximum Gasteiger partial charge on any atom is 0.407 e. The molecule has 26 nitrogen and oxygen atoms in total. The number of esters is 1. The van der Waals surface area contributed by atoms with Crippen molar-refractivity contribution in [3.63, 3.8) is 0 Å². The second-order valence-electron chi connectivity index (χ2n) is 28.6. The summed E-state index contributed by atoms with van der Waals surface area (Å²) in [5.74, 6) is -5.33. The molecule has 3 unspecified atom stereocenters. The van der Waals surface area contributed by atoms with E-state index in [0.717, 1.165) is 12.7 Å². The highest BCUT2D eigenvalue weighted by atomic mass is 16.8. The van der Waals surface area contributed by atoms with E-state index in [2.05, 4.69) is 25.2 Å². The molecule has 522 valence electrons.